The predicted octanol–water partition coefficient (Wildman–Crippen LogP) is 3.57. The molecular formula is C20H21N3O. The van der Waals surface area contributed by atoms with Gasteiger partial charge in [0.05, 0.1) is 12.6 Å². The van der Waals surface area contributed by atoms with Crippen molar-refractivity contribution in [1.29, 1.82) is 0 Å². The molecule has 1 fully saturated rings. The summed E-state index contributed by atoms with van der Waals surface area (Å²) >= 11 is 0. The number of fused-ring (bicyclic) bond motifs is 1. The molecule has 3 aromatic rings. The second-order valence-electron chi connectivity index (χ2n) is 6.03. The number of pyridine rings is 1. The summed E-state index contributed by atoms with van der Waals surface area (Å²) in [6, 6.07) is 20.9. The molecule has 1 aliphatic heterocycles. The van der Waals surface area contributed by atoms with Gasteiger partial charge in [0, 0.05) is 37.3 Å². The quantitative estimate of drug-likeness (QED) is 0.738. The summed E-state index contributed by atoms with van der Waals surface area (Å²) in [5.74, 6) is 1.97. The van der Waals surface area contributed by atoms with Gasteiger partial charge in [-0.2, -0.15) is 0 Å². The number of ether oxygens (including phenoxy) is 1. The van der Waals surface area contributed by atoms with Crippen LogP contribution in [0, 0.1) is 0 Å². The largest absolute Gasteiger partial charge is 0.497 e. The Morgan fingerprint density at radius 1 is 0.792 bits per heavy atom. The van der Waals surface area contributed by atoms with Gasteiger partial charge in [0.25, 0.3) is 0 Å². The molecule has 0 atom stereocenters. The molecule has 0 unspecified atom stereocenters. The van der Waals surface area contributed by atoms with E-state index in [0.717, 1.165) is 43.3 Å². The lowest BCUT2D eigenvalue weighted by Gasteiger charge is -2.36. The smallest absolute Gasteiger partial charge is 0.129 e. The molecule has 1 aliphatic rings. The van der Waals surface area contributed by atoms with E-state index < -0.39 is 0 Å². The van der Waals surface area contributed by atoms with Crippen molar-refractivity contribution in [3.05, 3.63) is 60.7 Å². The lowest BCUT2D eigenvalue weighted by Crippen LogP contribution is -2.46. The average molecular weight is 319 g/mol. The lowest BCUT2D eigenvalue weighted by molar-refractivity contribution is 0.415. The number of nitrogens with zero attached hydrogens (tertiary/aromatic N) is 3. The zero-order valence-electron chi connectivity index (χ0n) is 13.9. The fourth-order valence-electron chi connectivity index (χ4n) is 3.22. The monoisotopic (exact) mass is 319 g/mol. The molecule has 0 aliphatic carbocycles. The highest BCUT2D eigenvalue weighted by Crippen LogP contribution is 2.23. The van der Waals surface area contributed by atoms with Crippen LogP contribution in [0.25, 0.3) is 10.9 Å². The van der Waals surface area contributed by atoms with Crippen LogP contribution in [-0.4, -0.2) is 38.3 Å². The summed E-state index contributed by atoms with van der Waals surface area (Å²) in [6.07, 6.45) is 0. The zero-order valence-corrected chi connectivity index (χ0v) is 13.9. The Bertz CT molecular complexity index is 824. The zero-order chi connectivity index (χ0) is 16.4. The van der Waals surface area contributed by atoms with E-state index in [-0.39, 0.29) is 0 Å². The number of aromatic nitrogens is 1. The molecule has 1 aromatic heterocycles. The maximum absolute atomic E-state index is 5.23. The second kappa shape index (κ2) is 6.40. The second-order valence-corrected chi connectivity index (χ2v) is 6.03. The third-order valence-electron chi connectivity index (χ3n) is 4.62. The normalized spacial score (nSPS) is 14.9. The summed E-state index contributed by atoms with van der Waals surface area (Å²) in [6.45, 7) is 3.97. The molecule has 122 valence electrons. The maximum atomic E-state index is 5.23. The average Bonchev–Trinajstić information content (AvgIpc) is 2.68. The number of hydrogen-bond donors (Lipinski definition) is 0. The summed E-state index contributed by atoms with van der Waals surface area (Å²) < 4.78 is 5.23. The Morgan fingerprint density at radius 2 is 1.50 bits per heavy atom. The van der Waals surface area contributed by atoms with Crippen LogP contribution in [0.4, 0.5) is 11.5 Å². The molecule has 2 heterocycles. The Hall–Kier alpha value is -2.75. The summed E-state index contributed by atoms with van der Waals surface area (Å²) in [4.78, 5) is 9.59. The van der Waals surface area contributed by atoms with Crippen molar-refractivity contribution in [3.63, 3.8) is 0 Å². The van der Waals surface area contributed by atoms with Crippen molar-refractivity contribution < 1.29 is 4.74 Å². The van der Waals surface area contributed by atoms with Gasteiger partial charge in [-0.3, -0.25) is 0 Å². The molecule has 1 saturated heterocycles. The van der Waals surface area contributed by atoms with Crippen LogP contribution < -0.4 is 14.5 Å². The summed E-state index contributed by atoms with van der Waals surface area (Å²) in [5.41, 5.74) is 2.31. The van der Waals surface area contributed by atoms with Gasteiger partial charge in [-0.05, 0) is 42.5 Å². The highest BCUT2D eigenvalue weighted by Gasteiger charge is 2.18. The van der Waals surface area contributed by atoms with Crippen LogP contribution in [0.2, 0.25) is 0 Å². The third-order valence-corrected chi connectivity index (χ3v) is 4.62. The van der Waals surface area contributed by atoms with E-state index in [0.29, 0.717) is 0 Å². The number of rotatable bonds is 3. The van der Waals surface area contributed by atoms with Crippen LogP contribution in [-0.2, 0) is 0 Å². The maximum Gasteiger partial charge on any atom is 0.129 e. The topological polar surface area (TPSA) is 28.6 Å². The molecule has 0 bridgehead atoms. The first-order valence-corrected chi connectivity index (χ1v) is 8.33. The lowest BCUT2D eigenvalue weighted by atomic mass is 10.2. The highest BCUT2D eigenvalue weighted by atomic mass is 16.5. The van der Waals surface area contributed by atoms with Gasteiger partial charge in [-0.1, -0.05) is 18.2 Å². The highest BCUT2D eigenvalue weighted by molar-refractivity contribution is 5.80. The van der Waals surface area contributed by atoms with Crippen LogP contribution in [0.15, 0.2) is 60.7 Å². The predicted molar refractivity (Wildman–Crippen MR) is 99.2 cm³/mol. The minimum atomic E-state index is 0.901. The number of hydrogen-bond acceptors (Lipinski definition) is 4. The first-order valence-electron chi connectivity index (χ1n) is 8.33. The molecular weight excluding hydrogens is 298 g/mol. The van der Waals surface area contributed by atoms with Crippen LogP contribution >= 0.6 is 0 Å². The van der Waals surface area contributed by atoms with E-state index in [4.69, 9.17) is 9.72 Å². The van der Waals surface area contributed by atoms with Crippen LogP contribution in [0.3, 0.4) is 0 Å². The Morgan fingerprint density at radius 3 is 2.25 bits per heavy atom. The van der Waals surface area contributed by atoms with E-state index in [2.05, 4.69) is 52.3 Å². The van der Waals surface area contributed by atoms with Gasteiger partial charge in [-0.15, -0.1) is 0 Å². The van der Waals surface area contributed by atoms with E-state index in [1.54, 1.807) is 7.11 Å². The Kier molecular flexibility index (Phi) is 3.95. The number of piperazine rings is 1. The molecule has 4 rings (SSSR count). The molecule has 4 heteroatoms. The summed E-state index contributed by atoms with van der Waals surface area (Å²) in [5, 5.41) is 1.19. The van der Waals surface area contributed by atoms with E-state index in [9.17, 15) is 0 Å². The molecule has 0 spiro atoms. The fraction of sp³-hybridized carbons (Fsp3) is 0.250. The molecule has 2 aromatic carbocycles. The van der Waals surface area contributed by atoms with Gasteiger partial charge in [0.2, 0.25) is 0 Å². The first kappa shape index (κ1) is 14.8. The Labute approximate surface area is 142 Å². The van der Waals surface area contributed by atoms with Gasteiger partial charge >= 0.3 is 0 Å². The molecule has 0 radical (unpaired) electrons. The van der Waals surface area contributed by atoms with Crippen molar-refractivity contribution in [2.24, 2.45) is 0 Å². The van der Waals surface area contributed by atoms with Crippen molar-refractivity contribution >= 4 is 22.4 Å². The van der Waals surface area contributed by atoms with Crippen LogP contribution in [0.5, 0.6) is 5.75 Å². The molecule has 0 amide bonds. The molecule has 0 N–H and O–H groups in total. The van der Waals surface area contributed by atoms with Crippen LogP contribution in [0.1, 0.15) is 0 Å². The van der Waals surface area contributed by atoms with Crippen molar-refractivity contribution in [2.45, 2.75) is 0 Å². The van der Waals surface area contributed by atoms with Crippen molar-refractivity contribution in [1.82, 2.24) is 4.98 Å². The third kappa shape index (κ3) is 2.87. The molecule has 0 saturated carbocycles. The van der Waals surface area contributed by atoms with Gasteiger partial charge in [0.15, 0.2) is 0 Å². The van der Waals surface area contributed by atoms with E-state index in [1.807, 2.05) is 18.2 Å². The first-order chi connectivity index (χ1) is 11.8. The SMILES string of the molecule is COc1ccc(N2CCN(c3ccc4ccccc4n3)CC2)cc1. The number of methoxy groups -OCH3 is 1. The molecule has 4 nitrogen and oxygen atoms in total. The van der Waals surface area contributed by atoms with E-state index >= 15 is 0 Å². The molecule has 24 heavy (non-hydrogen) atoms. The summed E-state index contributed by atoms with van der Waals surface area (Å²) in [7, 11) is 1.70. The van der Waals surface area contributed by atoms with Gasteiger partial charge in [0.1, 0.15) is 11.6 Å². The minimum absolute atomic E-state index is 0.901. The Balaban J connectivity index is 1.46. The van der Waals surface area contributed by atoms with Gasteiger partial charge < -0.3 is 14.5 Å². The minimum Gasteiger partial charge on any atom is -0.497 e. The number of anilines is 2. The number of para-hydroxylation sites is 1. The van der Waals surface area contributed by atoms with Crippen molar-refractivity contribution in [2.75, 3.05) is 43.1 Å². The standard InChI is InChI=1S/C20H21N3O/c1-24-18-9-7-17(8-10-18)22-12-14-23(15-13-22)20-11-6-16-4-2-3-5-19(16)21-20/h2-11H,12-15H2,1H3. The number of benzene rings is 2. The van der Waals surface area contributed by atoms with E-state index in [1.165, 1.54) is 11.1 Å². The fourth-order valence-corrected chi connectivity index (χ4v) is 3.22. The van der Waals surface area contributed by atoms with Crippen molar-refractivity contribution in [3.8, 4) is 5.75 Å². The van der Waals surface area contributed by atoms with Gasteiger partial charge in [-0.25, -0.2) is 4.98 Å².